The normalized spacial score (nSPS) is 15.8. The molecule has 136 valence electrons. The van der Waals surface area contributed by atoms with E-state index in [4.69, 9.17) is 0 Å². The summed E-state index contributed by atoms with van der Waals surface area (Å²) in [5, 5.41) is 3.14. The van der Waals surface area contributed by atoms with Gasteiger partial charge in [-0.2, -0.15) is 0 Å². The number of hydrogen-bond acceptors (Lipinski definition) is 0. The van der Waals surface area contributed by atoms with Gasteiger partial charge in [-0.15, -0.1) is 0 Å². The molecule has 1 saturated carbocycles. The zero-order chi connectivity index (χ0) is 18.2. The van der Waals surface area contributed by atoms with E-state index in [1.165, 1.54) is 49.8 Å². The van der Waals surface area contributed by atoms with Gasteiger partial charge in [0.05, 0.1) is 0 Å². The number of hydrogen-bond donors (Lipinski definition) is 0. The molecule has 0 bridgehead atoms. The Balaban J connectivity index is 2.07. The zero-order valence-corrected chi connectivity index (χ0v) is 17.4. The molecule has 3 rings (SSSR count). The van der Waals surface area contributed by atoms with Crippen LogP contribution in [0.3, 0.4) is 0 Å². The molecule has 0 unspecified atom stereocenters. The van der Waals surface area contributed by atoms with Crippen molar-refractivity contribution in [2.24, 2.45) is 0 Å². The van der Waals surface area contributed by atoms with Crippen LogP contribution < -0.4 is 10.4 Å². The molecule has 0 amide bonds. The summed E-state index contributed by atoms with van der Waals surface area (Å²) in [4.78, 5) is 0. The van der Waals surface area contributed by atoms with Crippen molar-refractivity contribution in [1.82, 2.24) is 0 Å². The highest BCUT2D eigenvalue weighted by Crippen LogP contribution is 2.27. The molecule has 26 heavy (non-hydrogen) atoms. The largest absolute Gasteiger partial charge is 0.125 e. The van der Waals surface area contributed by atoms with Gasteiger partial charge in [0.15, 0.2) is 0 Å². The van der Waals surface area contributed by atoms with Crippen LogP contribution in [0.2, 0.25) is 12.1 Å². The molecule has 2 aromatic carbocycles. The van der Waals surface area contributed by atoms with Gasteiger partial charge in [0, 0.05) is 0 Å². The number of allylic oxidation sites excluding steroid dienone is 4. The SMILES string of the molecule is C/C=C(/C)C[Si](CC=C1CCCCC1)(c1ccccc1)c1ccccc1. The molecule has 0 spiro atoms. The van der Waals surface area contributed by atoms with Crippen molar-refractivity contribution in [3.63, 3.8) is 0 Å². The lowest BCUT2D eigenvalue weighted by molar-refractivity contribution is 0.598. The summed E-state index contributed by atoms with van der Waals surface area (Å²) in [6, 6.07) is 25.1. The van der Waals surface area contributed by atoms with Crippen LogP contribution in [0.5, 0.6) is 0 Å². The van der Waals surface area contributed by atoms with Gasteiger partial charge in [0.1, 0.15) is 8.07 Å². The van der Waals surface area contributed by atoms with Crippen LogP contribution in [-0.2, 0) is 0 Å². The molecule has 0 radical (unpaired) electrons. The minimum absolute atomic E-state index is 1.21. The van der Waals surface area contributed by atoms with E-state index in [2.05, 4.69) is 86.7 Å². The fourth-order valence-corrected chi connectivity index (χ4v) is 9.11. The summed E-state index contributed by atoms with van der Waals surface area (Å²) >= 11 is 0. The molecule has 1 aliphatic rings. The van der Waals surface area contributed by atoms with Gasteiger partial charge >= 0.3 is 0 Å². The summed E-state index contributed by atoms with van der Waals surface area (Å²) in [5.41, 5.74) is 3.23. The minimum Gasteiger partial charge on any atom is -0.0890 e. The molecule has 0 atom stereocenters. The first-order valence-corrected chi connectivity index (χ1v) is 12.6. The van der Waals surface area contributed by atoms with Crippen molar-refractivity contribution < 1.29 is 0 Å². The highest BCUT2D eigenvalue weighted by atomic mass is 28.3. The Labute approximate surface area is 160 Å². The Kier molecular flexibility index (Phi) is 6.68. The van der Waals surface area contributed by atoms with E-state index in [0.717, 1.165) is 0 Å². The third-order valence-electron chi connectivity index (χ3n) is 5.96. The fraction of sp³-hybridized carbons (Fsp3) is 0.360. The lowest BCUT2D eigenvalue weighted by Gasteiger charge is -2.33. The third kappa shape index (κ3) is 4.45. The van der Waals surface area contributed by atoms with Gasteiger partial charge in [-0.25, -0.2) is 0 Å². The molecule has 0 aliphatic heterocycles. The van der Waals surface area contributed by atoms with E-state index in [-0.39, 0.29) is 0 Å². The molecule has 0 heterocycles. The first-order chi connectivity index (χ1) is 12.7. The van der Waals surface area contributed by atoms with Crippen molar-refractivity contribution in [3.05, 3.63) is 84.0 Å². The fourth-order valence-electron chi connectivity index (χ4n) is 4.30. The lowest BCUT2D eigenvalue weighted by Crippen LogP contribution is -2.58. The molecule has 2 aromatic rings. The summed E-state index contributed by atoms with van der Waals surface area (Å²) in [6.07, 6.45) is 11.7. The second kappa shape index (κ2) is 9.18. The summed E-state index contributed by atoms with van der Waals surface area (Å²) < 4.78 is 0. The molecule has 0 aromatic heterocycles. The summed E-state index contributed by atoms with van der Waals surface area (Å²) in [7, 11) is -1.86. The van der Waals surface area contributed by atoms with Gasteiger partial charge in [-0.1, -0.05) is 101 Å². The lowest BCUT2D eigenvalue weighted by atomic mass is 9.95. The topological polar surface area (TPSA) is 0 Å². The smallest absolute Gasteiger partial charge is 0.0890 e. The van der Waals surface area contributed by atoms with Gasteiger partial charge in [0.2, 0.25) is 0 Å². The molecule has 0 N–H and O–H groups in total. The van der Waals surface area contributed by atoms with Crippen molar-refractivity contribution >= 4 is 18.4 Å². The summed E-state index contributed by atoms with van der Waals surface area (Å²) in [6.45, 7) is 4.49. The van der Waals surface area contributed by atoms with Crippen LogP contribution >= 0.6 is 0 Å². The van der Waals surface area contributed by atoms with Gasteiger partial charge in [0.25, 0.3) is 0 Å². The monoisotopic (exact) mass is 360 g/mol. The van der Waals surface area contributed by atoms with Gasteiger partial charge < -0.3 is 0 Å². The Hall–Kier alpha value is -1.86. The molecule has 1 heteroatoms. The van der Waals surface area contributed by atoms with Gasteiger partial charge in [-0.3, -0.25) is 0 Å². The molecule has 1 aliphatic carbocycles. The van der Waals surface area contributed by atoms with E-state index in [0.29, 0.717) is 0 Å². The van der Waals surface area contributed by atoms with Crippen LogP contribution in [0.1, 0.15) is 46.0 Å². The van der Waals surface area contributed by atoms with E-state index in [9.17, 15) is 0 Å². The average Bonchev–Trinajstić information content (AvgIpc) is 2.73. The third-order valence-corrected chi connectivity index (χ3v) is 10.9. The van der Waals surface area contributed by atoms with Crippen molar-refractivity contribution in [1.29, 1.82) is 0 Å². The van der Waals surface area contributed by atoms with E-state index >= 15 is 0 Å². The van der Waals surface area contributed by atoms with E-state index in [1.807, 2.05) is 0 Å². The predicted molar refractivity (Wildman–Crippen MR) is 118 cm³/mol. The second-order valence-corrected chi connectivity index (χ2v) is 11.8. The molecule has 0 nitrogen and oxygen atoms in total. The van der Waals surface area contributed by atoms with Crippen LogP contribution in [-0.4, -0.2) is 8.07 Å². The first-order valence-electron chi connectivity index (χ1n) is 10.2. The Bertz CT molecular complexity index is 693. The first kappa shape index (κ1) is 18.9. The number of rotatable bonds is 6. The van der Waals surface area contributed by atoms with Gasteiger partial charge in [-0.05, 0) is 51.6 Å². The highest BCUT2D eigenvalue weighted by Gasteiger charge is 2.36. The molecular formula is C25H32Si. The Morgan fingerprint density at radius 1 is 0.846 bits per heavy atom. The Morgan fingerprint density at radius 2 is 1.38 bits per heavy atom. The number of benzene rings is 2. The van der Waals surface area contributed by atoms with Crippen molar-refractivity contribution in [2.45, 2.75) is 58.0 Å². The standard InChI is InChI=1S/C25H32Si/c1-3-22(2)21-26(24-15-9-5-10-16-24,25-17-11-6-12-18-25)20-19-23-13-7-4-8-14-23/h3,5-6,9-12,15-19H,4,7-8,13-14,20-21H2,1-2H3/b22-3-. The predicted octanol–water partition coefficient (Wildman–Crippen LogP) is 6.11. The van der Waals surface area contributed by atoms with Crippen LogP contribution in [0.25, 0.3) is 0 Å². The zero-order valence-electron chi connectivity index (χ0n) is 16.4. The van der Waals surface area contributed by atoms with Crippen molar-refractivity contribution in [3.8, 4) is 0 Å². The molecule has 1 fully saturated rings. The van der Waals surface area contributed by atoms with Crippen LogP contribution in [0.4, 0.5) is 0 Å². The molecule has 0 saturated heterocycles. The molecular weight excluding hydrogens is 328 g/mol. The van der Waals surface area contributed by atoms with E-state index in [1.54, 1.807) is 15.9 Å². The average molecular weight is 361 g/mol. The minimum atomic E-state index is -1.86. The van der Waals surface area contributed by atoms with Crippen molar-refractivity contribution in [2.75, 3.05) is 0 Å². The summed E-state index contributed by atoms with van der Waals surface area (Å²) in [5.74, 6) is 0. The maximum absolute atomic E-state index is 2.63. The Morgan fingerprint density at radius 3 is 1.88 bits per heavy atom. The maximum Gasteiger partial charge on any atom is 0.125 e. The van der Waals surface area contributed by atoms with Crippen LogP contribution in [0.15, 0.2) is 84.0 Å². The van der Waals surface area contributed by atoms with Crippen LogP contribution in [0, 0.1) is 0 Å². The van der Waals surface area contributed by atoms with E-state index < -0.39 is 8.07 Å². The maximum atomic E-state index is 2.63. The quantitative estimate of drug-likeness (QED) is 0.431. The second-order valence-electron chi connectivity index (χ2n) is 7.75. The highest BCUT2D eigenvalue weighted by molar-refractivity contribution is 7.02.